The van der Waals surface area contributed by atoms with E-state index >= 15 is 0 Å². The lowest BCUT2D eigenvalue weighted by atomic mass is 10.0. The number of benzene rings is 1. The van der Waals surface area contributed by atoms with Gasteiger partial charge in [-0.3, -0.25) is 0 Å². The van der Waals surface area contributed by atoms with E-state index in [0.29, 0.717) is 5.75 Å². The van der Waals surface area contributed by atoms with Crippen LogP contribution in [0, 0.1) is 6.92 Å². The fourth-order valence-electron chi connectivity index (χ4n) is 2.38. The van der Waals surface area contributed by atoms with Gasteiger partial charge in [0.2, 0.25) is 0 Å². The Hall–Kier alpha value is -2.00. The molecular formula is C18H23NO2. The summed E-state index contributed by atoms with van der Waals surface area (Å²) in [5.74, 6) is 1.26. The molecule has 3 heteroatoms. The molecule has 1 aromatic rings. The Balaban J connectivity index is 2.24. The van der Waals surface area contributed by atoms with Crippen LogP contribution < -0.4 is 0 Å². The van der Waals surface area contributed by atoms with E-state index in [1.807, 2.05) is 38.1 Å². The molecule has 112 valence electrons. The van der Waals surface area contributed by atoms with Gasteiger partial charge in [-0.25, -0.2) is 0 Å². The lowest BCUT2D eigenvalue weighted by Crippen LogP contribution is -2.21. The molecule has 0 spiro atoms. The maximum Gasteiger partial charge on any atom is 0.119 e. The van der Waals surface area contributed by atoms with E-state index in [-0.39, 0.29) is 6.04 Å². The summed E-state index contributed by atoms with van der Waals surface area (Å²) in [6.45, 7) is 5.99. The van der Waals surface area contributed by atoms with E-state index in [1.54, 1.807) is 6.07 Å². The van der Waals surface area contributed by atoms with Gasteiger partial charge in [0.15, 0.2) is 0 Å². The van der Waals surface area contributed by atoms with Gasteiger partial charge in [0.1, 0.15) is 11.5 Å². The van der Waals surface area contributed by atoms with Gasteiger partial charge in [-0.2, -0.15) is 0 Å². The first-order valence-corrected chi connectivity index (χ1v) is 7.29. The van der Waals surface area contributed by atoms with Gasteiger partial charge < -0.3 is 9.94 Å². The monoisotopic (exact) mass is 285 g/mol. The third-order valence-electron chi connectivity index (χ3n) is 3.54. The third kappa shape index (κ3) is 3.76. The molecule has 0 saturated carbocycles. The molecule has 0 aliphatic carbocycles. The highest BCUT2D eigenvalue weighted by atomic mass is 16.7. The number of allylic oxidation sites excluding steroid dienone is 4. The normalized spacial score (nSPS) is 19.9. The Labute approximate surface area is 126 Å². The second-order valence-electron chi connectivity index (χ2n) is 5.33. The number of rotatable bonds is 4. The van der Waals surface area contributed by atoms with Crippen molar-refractivity contribution in [3.8, 4) is 5.75 Å². The molecule has 2 rings (SSSR count). The van der Waals surface area contributed by atoms with Crippen molar-refractivity contribution in [3.63, 3.8) is 0 Å². The zero-order valence-corrected chi connectivity index (χ0v) is 13.1. The van der Waals surface area contributed by atoms with Crippen molar-refractivity contribution in [1.29, 1.82) is 0 Å². The van der Waals surface area contributed by atoms with Crippen LogP contribution in [0.4, 0.5) is 0 Å². The summed E-state index contributed by atoms with van der Waals surface area (Å²) in [4.78, 5) is 5.50. The maximum absolute atomic E-state index is 9.65. The van der Waals surface area contributed by atoms with Crippen LogP contribution in [-0.2, 0) is 4.84 Å². The van der Waals surface area contributed by atoms with Crippen molar-refractivity contribution in [3.05, 3.63) is 59.4 Å². The van der Waals surface area contributed by atoms with Crippen molar-refractivity contribution >= 4 is 5.57 Å². The fraction of sp³-hybridized carbons (Fsp3) is 0.333. The smallest absolute Gasteiger partial charge is 0.119 e. The zero-order chi connectivity index (χ0) is 15.4. The topological polar surface area (TPSA) is 32.7 Å². The first-order valence-electron chi connectivity index (χ1n) is 7.29. The average Bonchev–Trinajstić information content (AvgIpc) is 2.76. The minimum Gasteiger partial charge on any atom is -0.508 e. The summed E-state index contributed by atoms with van der Waals surface area (Å²) in [5.41, 5.74) is 3.16. The summed E-state index contributed by atoms with van der Waals surface area (Å²) >= 11 is 0. The van der Waals surface area contributed by atoms with E-state index in [4.69, 9.17) is 4.84 Å². The Bertz CT molecular complexity index is 599. The van der Waals surface area contributed by atoms with Gasteiger partial charge >= 0.3 is 0 Å². The van der Waals surface area contributed by atoms with Gasteiger partial charge in [0.25, 0.3) is 0 Å². The van der Waals surface area contributed by atoms with Gasteiger partial charge in [-0.15, -0.1) is 5.06 Å². The van der Waals surface area contributed by atoms with Gasteiger partial charge in [0, 0.05) is 7.05 Å². The number of hydrogen-bond donors (Lipinski definition) is 1. The molecule has 1 atom stereocenters. The van der Waals surface area contributed by atoms with E-state index in [9.17, 15) is 5.11 Å². The number of aryl methyl sites for hydroxylation is 1. The minimum absolute atomic E-state index is 0.156. The van der Waals surface area contributed by atoms with Crippen LogP contribution >= 0.6 is 0 Å². The highest BCUT2D eigenvalue weighted by molar-refractivity contribution is 5.75. The first-order chi connectivity index (χ1) is 10.0. The predicted octanol–water partition coefficient (Wildman–Crippen LogP) is 4.20. The quantitative estimate of drug-likeness (QED) is 0.842. The lowest BCUT2D eigenvalue weighted by molar-refractivity contribution is -0.0825. The van der Waals surface area contributed by atoms with Crippen LogP contribution in [0.5, 0.6) is 5.75 Å². The number of likely N-dealkylation sites (N-methyl/N-ethyl adjacent to an activating group) is 1. The second kappa shape index (κ2) is 6.64. The van der Waals surface area contributed by atoms with E-state index in [0.717, 1.165) is 28.9 Å². The summed E-state index contributed by atoms with van der Waals surface area (Å²) in [6, 6.07) is 5.86. The number of nitrogens with zero attached hydrogens (tertiary/aromatic N) is 1. The molecule has 3 nitrogen and oxygen atoms in total. The molecular weight excluding hydrogens is 262 g/mol. The molecule has 21 heavy (non-hydrogen) atoms. The molecule has 0 aromatic heterocycles. The second-order valence-corrected chi connectivity index (χ2v) is 5.33. The van der Waals surface area contributed by atoms with Crippen molar-refractivity contribution in [2.75, 3.05) is 7.05 Å². The minimum atomic E-state index is 0.156. The van der Waals surface area contributed by atoms with Crippen molar-refractivity contribution in [1.82, 2.24) is 5.06 Å². The van der Waals surface area contributed by atoms with E-state index < -0.39 is 0 Å². The number of hydrogen-bond acceptors (Lipinski definition) is 3. The Morgan fingerprint density at radius 1 is 1.38 bits per heavy atom. The van der Waals surface area contributed by atoms with Crippen molar-refractivity contribution in [2.45, 2.75) is 33.2 Å². The fourth-order valence-corrected chi connectivity index (χ4v) is 2.38. The number of hydroxylamine groups is 2. The van der Waals surface area contributed by atoms with Crippen LogP contribution in [0.25, 0.3) is 5.57 Å². The van der Waals surface area contributed by atoms with Crippen LogP contribution in [0.1, 0.15) is 31.4 Å². The summed E-state index contributed by atoms with van der Waals surface area (Å²) < 4.78 is 0. The largest absolute Gasteiger partial charge is 0.508 e. The molecule has 1 N–H and O–H groups in total. The highest BCUT2D eigenvalue weighted by Gasteiger charge is 2.18. The molecule has 1 heterocycles. The summed E-state index contributed by atoms with van der Waals surface area (Å²) in [5, 5.41) is 11.5. The van der Waals surface area contributed by atoms with Crippen LogP contribution in [0.2, 0.25) is 0 Å². The van der Waals surface area contributed by atoms with E-state index in [2.05, 4.69) is 31.2 Å². The first kappa shape index (κ1) is 15.4. The van der Waals surface area contributed by atoms with Gasteiger partial charge in [-0.1, -0.05) is 31.2 Å². The van der Waals surface area contributed by atoms with E-state index in [1.165, 1.54) is 0 Å². The third-order valence-corrected chi connectivity index (χ3v) is 3.54. The zero-order valence-electron chi connectivity index (χ0n) is 13.1. The molecule has 0 saturated heterocycles. The van der Waals surface area contributed by atoms with Crippen LogP contribution in [-0.4, -0.2) is 23.3 Å². The van der Waals surface area contributed by atoms with Crippen molar-refractivity contribution in [2.24, 2.45) is 0 Å². The summed E-state index contributed by atoms with van der Waals surface area (Å²) in [7, 11) is 1.93. The number of phenolic OH excluding ortho intramolecular Hbond substituents is 1. The molecule has 0 bridgehead atoms. The summed E-state index contributed by atoms with van der Waals surface area (Å²) in [6.07, 6.45) is 9.48. The molecule has 0 fully saturated rings. The molecule has 1 aliphatic rings. The number of phenols is 1. The lowest BCUT2D eigenvalue weighted by Gasteiger charge is -2.14. The average molecular weight is 285 g/mol. The number of aromatic hydroxyl groups is 1. The Morgan fingerprint density at radius 3 is 2.71 bits per heavy atom. The Kier molecular flexibility index (Phi) is 4.86. The molecule has 0 amide bonds. The predicted molar refractivity (Wildman–Crippen MR) is 86.6 cm³/mol. The van der Waals surface area contributed by atoms with Gasteiger partial charge in [-0.05, 0) is 55.2 Å². The maximum atomic E-state index is 9.65. The SMILES string of the molecule is CC/C=C(\C=C\C1C=C(C)ON1C)c1ccc(O)c(C)c1. The molecule has 1 unspecified atom stereocenters. The highest BCUT2D eigenvalue weighted by Crippen LogP contribution is 2.25. The Morgan fingerprint density at radius 2 is 2.14 bits per heavy atom. The van der Waals surface area contributed by atoms with Crippen molar-refractivity contribution < 1.29 is 9.94 Å². The van der Waals surface area contributed by atoms with Gasteiger partial charge in [0.05, 0.1) is 6.04 Å². The molecule has 1 aromatic carbocycles. The standard InChI is InChI=1S/C18H23NO2/c1-5-6-15(16-8-10-18(20)13(2)11-16)7-9-17-12-14(3)21-19(17)4/h6-12,17,20H,5H2,1-4H3/b9-7+,15-6+. The van der Waals surface area contributed by atoms with Crippen LogP contribution in [0.3, 0.4) is 0 Å². The molecule has 1 aliphatic heterocycles. The van der Waals surface area contributed by atoms with Crippen LogP contribution in [0.15, 0.2) is 48.3 Å². The molecule has 0 radical (unpaired) electrons.